The summed E-state index contributed by atoms with van der Waals surface area (Å²) in [5.74, 6) is 0.711. The molecular formula is C15H29N3O. The molecule has 4 nitrogen and oxygen atoms in total. The maximum absolute atomic E-state index is 12.5. The summed E-state index contributed by atoms with van der Waals surface area (Å²) in [7, 11) is 0. The fraction of sp³-hybridized carbons (Fsp3) is 0.933. The third-order valence-corrected chi connectivity index (χ3v) is 5.25. The maximum Gasteiger partial charge on any atom is 0.227 e. The molecule has 1 saturated heterocycles. The monoisotopic (exact) mass is 267 g/mol. The van der Waals surface area contributed by atoms with Gasteiger partial charge in [-0.25, -0.2) is 0 Å². The predicted molar refractivity (Wildman–Crippen MR) is 77.8 cm³/mol. The molecule has 4 heteroatoms. The van der Waals surface area contributed by atoms with E-state index in [-0.39, 0.29) is 11.3 Å². The summed E-state index contributed by atoms with van der Waals surface area (Å²) < 4.78 is 0. The maximum atomic E-state index is 12.5. The first-order valence-electron chi connectivity index (χ1n) is 7.81. The van der Waals surface area contributed by atoms with Gasteiger partial charge in [-0.05, 0) is 31.6 Å². The molecule has 0 bridgehead atoms. The van der Waals surface area contributed by atoms with Gasteiger partial charge in [0.1, 0.15) is 0 Å². The van der Waals surface area contributed by atoms with E-state index in [4.69, 9.17) is 5.73 Å². The Bertz CT molecular complexity index is 315. The second-order valence-corrected chi connectivity index (χ2v) is 6.43. The highest BCUT2D eigenvalue weighted by atomic mass is 16.2. The highest BCUT2D eigenvalue weighted by Crippen LogP contribution is 2.32. The van der Waals surface area contributed by atoms with E-state index in [1.165, 1.54) is 12.8 Å². The van der Waals surface area contributed by atoms with Gasteiger partial charge in [-0.15, -0.1) is 0 Å². The number of hydrogen-bond donors (Lipinski definition) is 2. The molecule has 1 heterocycles. The van der Waals surface area contributed by atoms with Gasteiger partial charge in [-0.3, -0.25) is 9.69 Å². The fourth-order valence-electron chi connectivity index (χ4n) is 3.20. The van der Waals surface area contributed by atoms with Crippen molar-refractivity contribution in [2.75, 3.05) is 19.6 Å². The molecular weight excluding hydrogens is 238 g/mol. The minimum absolute atomic E-state index is 0.162. The van der Waals surface area contributed by atoms with Gasteiger partial charge in [0.15, 0.2) is 0 Å². The van der Waals surface area contributed by atoms with Crippen LogP contribution >= 0.6 is 0 Å². The van der Waals surface area contributed by atoms with E-state index in [0.29, 0.717) is 18.5 Å². The van der Waals surface area contributed by atoms with Crippen LogP contribution in [0.25, 0.3) is 0 Å². The molecule has 0 aromatic carbocycles. The van der Waals surface area contributed by atoms with Gasteiger partial charge in [-0.1, -0.05) is 20.8 Å². The van der Waals surface area contributed by atoms with Crippen LogP contribution in [0.2, 0.25) is 0 Å². The molecule has 2 atom stereocenters. The van der Waals surface area contributed by atoms with E-state index in [1.54, 1.807) is 0 Å². The average molecular weight is 267 g/mol. The van der Waals surface area contributed by atoms with Crippen molar-refractivity contribution in [3.8, 4) is 0 Å². The molecule has 19 heavy (non-hydrogen) atoms. The Morgan fingerprint density at radius 1 is 1.32 bits per heavy atom. The Balaban J connectivity index is 1.94. The largest absolute Gasteiger partial charge is 0.351 e. The minimum Gasteiger partial charge on any atom is -0.351 e. The third kappa shape index (κ3) is 2.95. The second-order valence-electron chi connectivity index (χ2n) is 6.43. The van der Waals surface area contributed by atoms with Gasteiger partial charge in [0.25, 0.3) is 0 Å². The smallest absolute Gasteiger partial charge is 0.227 e. The number of hydrogen-bond acceptors (Lipinski definition) is 3. The van der Waals surface area contributed by atoms with Crippen LogP contribution in [-0.2, 0) is 4.79 Å². The standard InChI is InChI=1S/C15H29N3O/c1-4-15(5-2,10-16)14(19)17-13-9-18(8-11(13)3)12-6-7-12/h11-13H,4-10,16H2,1-3H3,(H,17,19). The lowest BCUT2D eigenvalue weighted by Crippen LogP contribution is -2.50. The van der Waals surface area contributed by atoms with Crippen LogP contribution < -0.4 is 11.1 Å². The minimum atomic E-state index is -0.368. The summed E-state index contributed by atoms with van der Waals surface area (Å²) in [5.41, 5.74) is 5.48. The van der Waals surface area contributed by atoms with E-state index < -0.39 is 0 Å². The van der Waals surface area contributed by atoms with Crippen molar-refractivity contribution < 1.29 is 4.79 Å². The zero-order chi connectivity index (χ0) is 14.0. The highest BCUT2D eigenvalue weighted by Gasteiger charge is 2.41. The van der Waals surface area contributed by atoms with Crippen LogP contribution in [0.1, 0.15) is 46.5 Å². The molecule has 0 aromatic rings. The fourth-order valence-corrected chi connectivity index (χ4v) is 3.20. The molecule has 3 N–H and O–H groups in total. The Labute approximate surface area is 117 Å². The van der Waals surface area contributed by atoms with Crippen molar-refractivity contribution in [2.24, 2.45) is 17.1 Å². The van der Waals surface area contributed by atoms with Crippen molar-refractivity contribution in [3.63, 3.8) is 0 Å². The average Bonchev–Trinajstić information content (AvgIpc) is 3.19. The molecule has 1 saturated carbocycles. The van der Waals surface area contributed by atoms with Gasteiger partial charge in [0, 0.05) is 31.7 Å². The van der Waals surface area contributed by atoms with Gasteiger partial charge >= 0.3 is 0 Å². The van der Waals surface area contributed by atoms with Crippen LogP contribution in [0.3, 0.4) is 0 Å². The third-order valence-electron chi connectivity index (χ3n) is 5.25. The van der Waals surface area contributed by atoms with Crippen molar-refractivity contribution in [1.82, 2.24) is 10.2 Å². The SMILES string of the molecule is CCC(CC)(CN)C(=O)NC1CN(C2CC2)CC1C. The molecule has 2 rings (SSSR count). The highest BCUT2D eigenvalue weighted by molar-refractivity contribution is 5.83. The first kappa shape index (κ1) is 14.8. The Morgan fingerprint density at radius 3 is 2.42 bits per heavy atom. The molecule has 1 aliphatic heterocycles. The Kier molecular flexibility index (Phi) is 4.51. The van der Waals surface area contributed by atoms with Crippen LogP contribution in [0.5, 0.6) is 0 Å². The second kappa shape index (κ2) is 5.80. The molecule has 2 fully saturated rings. The lowest BCUT2D eigenvalue weighted by Gasteiger charge is -2.31. The van der Waals surface area contributed by atoms with E-state index in [9.17, 15) is 4.79 Å². The van der Waals surface area contributed by atoms with Crippen LogP contribution in [0.4, 0.5) is 0 Å². The van der Waals surface area contributed by atoms with Crippen molar-refractivity contribution in [3.05, 3.63) is 0 Å². The number of amides is 1. The number of carbonyl (C=O) groups is 1. The van der Waals surface area contributed by atoms with Gasteiger partial charge in [0.05, 0.1) is 5.41 Å². The van der Waals surface area contributed by atoms with E-state index in [1.807, 2.05) is 0 Å². The van der Waals surface area contributed by atoms with Crippen LogP contribution in [0, 0.1) is 11.3 Å². The zero-order valence-electron chi connectivity index (χ0n) is 12.6. The number of likely N-dealkylation sites (tertiary alicyclic amines) is 1. The topological polar surface area (TPSA) is 58.4 Å². The summed E-state index contributed by atoms with van der Waals surface area (Å²) in [4.78, 5) is 15.1. The van der Waals surface area contributed by atoms with Crippen molar-refractivity contribution in [2.45, 2.75) is 58.5 Å². The molecule has 0 spiro atoms. The van der Waals surface area contributed by atoms with E-state index in [2.05, 4.69) is 31.0 Å². The lowest BCUT2D eigenvalue weighted by molar-refractivity contribution is -0.131. The lowest BCUT2D eigenvalue weighted by atomic mass is 9.81. The number of rotatable bonds is 6. The van der Waals surface area contributed by atoms with Gasteiger partial charge in [0.2, 0.25) is 5.91 Å². The van der Waals surface area contributed by atoms with Gasteiger partial charge < -0.3 is 11.1 Å². The van der Waals surface area contributed by atoms with Crippen LogP contribution in [0.15, 0.2) is 0 Å². The van der Waals surface area contributed by atoms with E-state index >= 15 is 0 Å². The first-order chi connectivity index (χ1) is 9.06. The van der Waals surface area contributed by atoms with Crippen molar-refractivity contribution >= 4 is 5.91 Å². The summed E-state index contributed by atoms with van der Waals surface area (Å²) in [6.45, 7) is 8.96. The summed E-state index contributed by atoms with van der Waals surface area (Å²) >= 11 is 0. The molecule has 2 aliphatic rings. The Hall–Kier alpha value is -0.610. The zero-order valence-corrected chi connectivity index (χ0v) is 12.6. The number of nitrogens with two attached hydrogens (primary N) is 1. The molecule has 0 radical (unpaired) electrons. The van der Waals surface area contributed by atoms with Crippen molar-refractivity contribution in [1.29, 1.82) is 0 Å². The van der Waals surface area contributed by atoms with Crippen LogP contribution in [-0.4, -0.2) is 42.5 Å². The number of carbonyl (C=O) groups excluding carboxylic acids is 1. The Morgan fingerprint density at radius 2 is 1.95 bits per heavy atom. The summed E-state index contributed by atoms with van der Waals surface area (Å²) in [6, 6.07) is 1.10. The van der Waals surface area contributed by atoms with Gasteiger partial charge in [-0.2, -0.15) is 0 Å². The first-order valence-corrected chi connectivity index (χ1v) is 7.81. The normalized spacial score (nSPS) is 28.6. The molecule has 110 valence electrons. The summed E-state index contributed by atoms with van der Waals surface area (Å²) in [6.07, 6.45) is 4.31. The summed E-state index contributed by atoms with van der Waals surface area (Å²) in [5, 5.41) is 3.27. The number of nitrogens with zero attached hydrogens (tertiary/aromatic N) is 1. The number of nitrogens with one attached hydrogen (secondary N) is 1. The quantitative estimate of drug-likeness (QED) is 0.764. The molecule has 1 aliphatic carbocycles. The van der Waals surface area contributed by atoms with E-state index in [0.717, 1.165) is 32.0 Å². The molecule has 2 unspecified atom stereocenters. The predicted octanol–water partition coefficient (Wildman–Crippen LogP) is 1.35. The molecule has 0 aromatic heterocycles. The molecule has 1 amide bonds.